The predicted octanol–water partition coefficient (Wildman–Crippen LogP) is 0.916. The summed E-state index contributed by atoms with van der Waals surface area (Å²) in [4.78, 5) is 14.2. The van der Waals surface area contributed by atoms with E-state index in [4.69, 9.17) is 9.88 Å². The molecule has 0 atom stereocenters. The van der Waals surface area contributed by atoms with Gasteiger partial charge in [0.1, 0.15) is 0 Å². The Bertz CT molecular complexity index is 1120. The van der Waals surface area contributed by atoms with Gasteiger partial charge in [-0.05, 0) is 48.9 Å². The maximum Gasteiger partial charge on any atom is 0.261 e. The van der Waals surface area contributed by atoms with Crippen LogP contribution < -0.4 is 9.86 Å². The number of amides is 1. The van der Waals surface area contributed by atoms with Crippen LogP contribution in [0.5, 0.6) is 0 Å². The number of sulfonamides is 2. The van der Waals surface area contributed by atoms with Gasteiger partial charge in [0.05, 0.1) is 23.0 Å². The van der Waals surface area contributed by atoms with Crippen LogP contribution in [-0.4, -0.2) is 53.9 Å². The third-order valence-electron chi connectivity index (χ3n) is 4.48. The number of nitrogens with one attached hydrogen (secondary N) is 1. The highest BCUT2D eigenvalue weighted by Crippen LogP contribution is 2.21. The Labute approximate surface area is 169 Å². The van der Waals surface area contributed by atoms with Crippen molar-refractivity contribution in [3.05, 3.63) is 53.6 Å². The van der Waals surface area contributed by atoms with Crippen molar-refractivity contribution < 1.29 is 26.4 Å². The Morgan fingerprint density at radius 3 is 2.17 bits per heavy atom. The lowest BCUT2D eigenvalue weighted by Crippen LogP contribution is -2.41. The van der Waals surface area contributed by atoms with E-state index in [1.54, 1.807) is 17.9 Å². The first-order valence-corrected chi connectivity index (χ1v) is 11.7. The molecule has 2 aromatic carbocycles. The Hall–Kier alpha value is -2.47. The largest absolute Gasteiger partial charge is 0.378 e. The molecule has 9 nitrogen and oxygen atoms in total. The van der Waals surface area contributed by atoms with Crippen molar-refractivity contribution >= 4 is 31.6 Å². The molecule has 0 unspecified atom stereocenters. The van der Waals surface area contributed by atoms with E-state index in [0.717, 1.165) is 0 Å². The van der Waals surface area contributed by atoms with E-state index in [2.05, 4.69) is 4.72 Å². The molecule has 0 aromatic heterocycles. The van der Waals surface area contributed by atoms with E-state index in [9.17, 15) is 21.6 Å². The second-order valence-corrected chi connectivity index (χ2v) is 9.80. The number of morpholine rings is 1. The summed E-state index contributed by atoms with van der Waals surface area (Å²) in [6.07, 6.45) is 0. The fraction of sp³-hybridized carbons (Fsp3) is 0.278. The molecule has 1 aliphatic rings. The van der Waals surface area contributed by atoms with E-state index >= 15 is 0 Å². The number of ether oxygens (including phenoxy) is 1. The Balaban J connectivity index is 1.86. The third kappa shape index (κ3) is 4.93. The lowest BCUT2D eigenvalue weighted by Gasteiger charge is -2.27. The zero-order valence-electron chi connectivity index (χ0n) is 15.7. The summed E-state index contributed by atoms with van der Waals surface area (Å²) in [5.74, 6) is -0.250. The van der Waals surface area contributed by atoms with Gasteiger partial charge in [-0.1, -0.05) is 6.07 Å². The van der Waals surface area contributed by atoms with Gasteiger partial charge in [-0.2, -0.15) is 0 Å². The predicted molar refractivity (Wildman–Crippen MR) is 107 cm³/mol. The van der Waals surface area contributed by atoms with Crippen molar-refractivity contribution in [2.45, 2.75) is 16.7 Å². The van der Waals surface area contributed by atoms with E-state index in [0.29, 0.717) is 37.4 Å². The second kappa shape index (κ2) is 8.11. The van der Waals surface area contributed by atoms with Crippen molar-refractivity contribution in [2.24, 2.45) is 5.14 Å². The van der Waals surface area contributed by atoms with Gasteiger partial charge < -0.3 is 9.64 Å². The Kier molecular flexibility index (Phi) is 5.94. The summed E-state index contributed by atoms with van der Waals surface area (Å²) >= 11 is 0. The zero-order valence-corrected chi connectivity index (χ0v) is 17.3. The SMILES string of the molecule is Cc1ccc(S(=O)(=O)Nc2ccc(S(N)(=O)=O)cc2)cc1C(=O)N1CCOCC1. The molecule has 3 N–H and O–H groups in total. The minimum Gasteiger partial charge on any atom is -0.378 e. The van der Waals surface area contributed by atoms with Crippen LogP contribution in [0.15, 0.2) is 52.3 Å². The molecule has 156 valence electrons. The molecule has 0 bridgehead atoms. The number of anilines is 1. The zero-order chi connectivity index (χ0) is 21.2. The normalized spacial score (nSPS) is 15.2. The molecule has 11 heteroatoms. The highest BCUT2D eigenvalue weighted by molar-refractivity contribution is 7.92. The summed E-state index contributed by atoms with van der Waals surface area (Å²) < 4.78 is 55.7. The number of hydrogen-bond acceptors (Lipinski definition) is 6. The van der Waals surface area contributed by atoms with Gasteiger partial charge in [-0.3, -0.25) is 9.52 Å². The van der Waals surface area contributed by atoms with Crippen molar-refractivity contribution in [1.29, 1.82) is 0 Å². The molecule has 2 aromatic rings. The molecular weight excluding hydrogens is 418 g/mol. The van der Waals surface area contributed by atoms with Crippen LogP contribution in [0.2, 0.25) is 0 Å². The van der Waals surface area contributed by atoms with Gasteiger partial charge in [0.25, 0.3) is 15.9 Å². The molecule has 0 saturated carbocycles. The third-order valence-corrected chi connectivity index (χ3v) is 6.79. The standard InChI is InChI=1S/C18H21N3O6S2/c1-13-2-5-16(12-17(13)18(22)21-8-10-27-11-9-21)29(25,26)20-14-3-6-15(7-4-14)28(19,23)24/h2-7,12,20H,8-11H2,1H3,(H2,19,23,24). The number of rotatable bonds is 5. The monoisotopic (exact) mass is 439 g/mol. The summed E-state index contributed by atoms with van der Waals surface area (Å²) in [7, 11) is -7.87. The molecule has 1 aliphatic heterocycles. The molecular formula is C18H21N3O6S2. The number of carbonyl (C=O) groups is 1. The minimum atomic E-state index is -3.99. The summed E-state index contributed by atoms with van der Waals surface area (Å²) in [6, 6.07) is 9.33. The fourth-order valence-electron chi connectivity index (χ4n) is 2.86. The average Bonchev–Trinajstić information content (AvgIpc) is 2.68. The van der Waals surface area contributed by atoms with Crippen molar-refractivity contribution in [1.82, 2.24) is 4.90 Å². The maximum absolute atomic E-state index is 12.8. The topological polar surface area (TPSA) is 136 Å². The van der Waals surface area contributed by atoms with Crippen molar-refractivity contribution in [2.75, 3.05) is 31.0 Å². The summed E-state index contributed by atoms with van der Waals surface area (Å²) in [6.45, 7) is 3.52. The Morgan fingerprint density at radius 1 is 1.00 bits per heavy atom. The van der Waals surface area contributed by atoms with Crippen LogP contribution in [0.25, 0.3) is 0 Å². The van der Waals surface area contributed by atoms with Crippen LogP contribution in [0, 0.1) is 6.92 Å². The lowest BCUT2D eigenvalue weighted by atomic mass is 10.1. The van der Waals surface area contributed by atoms with Crippen molar-refractivity contribution in [3.8, 4) is 0 Å². The maximum atomic E-state index is 12.8. The van der Waals surface area contributed by atoms with Gasteiger partial charge in [-0.15, -0.1) is 0 Å². The first-order chi connectivity index (χ1) is 13.6. The van der Waals surface area contributed by atoms with E-state index < -0.39 is 20.0 Å². The van der Waals surface area contributed by atoms with Gasteiger partial charge >= 0.3 is 0 Å². The molecule has 0 radical (unpaired) electrons. The van der Waals surface area contributed by atoms with Gasteiger partial charge in [-0.25, -0.2) is 22.0 Å². The molecule has 1 saturated heterocycles. The first-order valence-electron chi connectivity index (χ1n) is 8.71. The highest BCUT2D eigenvalue weighted by atomic mass is 32.2. The molecule has 29 heavy (non-hydrogen) atoms. The number of carbonyl (C=O) groups excluding carboxylic acids is 1. The number of aryl methyl sites for hydroxylation is 1. The van der Waals surface area contributed by atoms with E-state index in [1.165, 1.54) is 36.4 Å². The molecule has 0 aliphatic carbocycles. The Morgan fingerprint density at radius 2 is 1.59 bits per heavy atom. The molecule has 1 fully saturated rings. The molecule has 1 heterocycles. The number of primary sulfonamides is 1. The number of hydrogen-bond donors (Lipinski definition) is 2. The second-order valence-electron chi connectivity index (χ2n) is 6.56. The quantitative estimate of drug-likeness (QED) is 0.711. The lowest BCUT2D eigenvalue weighted by molar-refractivity contribution is 0.0302. The van der Waals surface area contributed by atoms with E-state index in [1.807, 2.05) is 0 Å². The summed E-state index contributed by atoms with van der Waals surface area (Å²) in [5.41, 5.74) is 1.14. The van der Waals surface area contributed by atoms with Crippen LogP contribution in [0.4, 0.5) is 5.69 Å². The summed E-state index contributed by atoms with van der Waals surface area (Å²) in [5, 5.41) is 5.04. The van der Waals surface area contributed by atoms with Crippen molar-refractivity contribution in [3.63, 3.8) is 0 Å². The van der Waals surface area contributed by atoms with Gasteiger partial charge in [0.2, 0.25) is 10.0 Å². The number of nitrogens with two attached hydrogens (primary N) is 1. The minimum absolute atomic E-state index is 0.0739. The molecule has 0 spiro atoms. The van der Waals surface area contributed by atoms with Crippen LogP contribution in [0.3, 0.4) is 0 Å². The number of nitrogens with zero attached hydrogens (tertiary/aromatic N) is 1. The smallest absolute Gasteiger partial charge is 0.261 e. The van der Waals surface area contributed by atoms with Gasteiger partial charge in [0.15, 0.2) is 0 Å². The first kappa shape index (κ1) is 21.2. The molecule has 1 amide bonds. The molecule has 3 rings (SSSR count). The fourth-order valence-corrected chi connectivity index (χ4v) is 4.46. The van der Waals surface area contributed by atoms with Crippen LogP contribution >= 0.6 is 0 Å². The van der Waals surface area contributed by atoms with Crippen LogP contribution in [-0.2, 0) is 24.8 Å². The highest BCUT2D eigenvalue weighted by Gasteiger charge is 2.23. The average molecular weight is 440 g/mol. The van der Waals surface area contributed by atoms with E-state index in [-0.39, 0.29) is 21.4 Å². The van der Waals surface area contributed by atoms with Crippen LogP contribution in [0.1, 0.15) is 15.9 Å². The number of benzene rings is 2. The van der Waals surface area contributed by atoms with Gasteiger partial charge in [0, 0.05) is 24.3 Å².